The summed E-state index contributed by atoms with van der Waals surface area (Å²) in [5.74, 6) is -0.622. The Labute approximate surface area is 200 Å². The SMILES string of the molecule is Cc1ccc(-n2c(=O)n(C3CC3)c(=O)c3c(Nc4cccc(N)c4C)c(C)c(=O)n(C)c32)c(F)c1. The Morgan fingerprint density at radius 3 is 2.37 bits per heavy atom. The third-order valence-electron chi connectivity index (χ3n) is 6.73. The first-order valence-corrected chi connectivity index (χ1v) is 11.4. The molecule has 0 spiro atoms. The van der Waals surface area contributed by atoms with E-state index < -0.39 is 22.6 Å². The highest BCUT2D eigenvalue weighted by Gasteiger charge is 2.32. The second kappa shape index (κ2) is 7.97. The molecule has 5 rings (SSSR count). The van der Waals surface area contributed by atoms with Gasteiger partial charge in [-0.3, -0.25) is 18.7 Å². The first kappa shape index (κ1) is 22.6. The molecule has 2 aromatic heterocycles. The van der Waals surface area contributed by atoms with Crippen molar-refractivity contribution in [3.05, 3.63) is 90.1 Å². The summed E-state index contributed by atoms with van der Waals surface area (Å²) in [4.78, 5) is 40.8. The lowest BCUT2D eigenvalue weighted by molar-refractivity contribution is 0.596. The highest BCUT2D eigenvalue weighted by molar-refractivity contribution is 5.94. The molecule has 9 heteroatoms. The molecule has 0 amide bonds. The van der Waals surface area contributed by atoms with Crippen molar-refractivity contribution in [2.75, 3.05) is 11.1 Å². The van der Waals surface area contributed by atoms with Crippen LogP contribution in [0.25, 0.3) is 16.7 Å². The predicted octanol–water partition coefficient (Wildman–Crippen LogP) is 3.58. The molecule has 8 nitrogen and oxygen atoms in total. The largest absolute Gasteiger partial charge is 0.398 e. The number of nitrogen functional groups attached to an aromatic ring is 1. The van der Waals surface area contributed by atoms with E-state index in [0.717, 1.165) is 10.1 Å². The van der Waals surface area contributed by atoms with E-state index in [1.807, 2.05) is 6.92 Å². The Hall–Kier alpha value is -4.14. The lowest BCUT2D eigenvalue weighted by atomic mass is 10.1. The predicted molar refractivity (Wildman–Crippen MR) is 136 cm³/mol. The molecule has 180 valence electrons. The van der Waals surface area contributed by atoms with Crippen molar-refractivity contribution in [1.29, 1.82) is 0 Å². The standard InChI is InChI=1S/C26H26FN5O3/c1-13-8-11-20(17(27)12-13)32-23-21(25(34)31(26(32)35)16-9-10-16)22(15(3)24(33)30(23)4)29-19-7-5-6-18(28)14(19)2/h5-8,11-12,16,29H,9-10,28H2,1-4H3. The average molecular weight is 476 g/mol. The molecule has 2 heterocycles. The van der Waals surface area contributed by atoms with Gasteiger partial charge in [-0.05, 0) is 69.0 Å². The maximum Gasteiger partial charge on any atom is 0.337 e. The number of anilines is 3. The summed E-state index contributed by atoms with van der Waals surface area (Å²) >= 11 is 0. The van der Waals surface area contributed by atoms with E-state index in [9.17, 15) is 14.4 Å². The van der Waals surface area contributed by atoms with E-state index >= 15 is 4.39 Å². The van der Waals surface area contributed by atoms with Gasteiger partial charge in [0.2, 0.25) is 0 Å². The van der Waals surface area contributed by atoms with Gasteiger partial charge in [0.05, 0.1) is 11.4 Å². The number of halogens is 1. The molecule has 4 aromatic rings. The van der Waals surface area contributed by atoms with Gasteiger partial charge in [-0.15, -0.1) is 0 Å². The minimum atomic E-state index is -0.669. The van der Waals surface area contributed by atoms with Gasteiger partial charge in [0.1, 0.15) is 16.9 Å². The molecule has 0 radical (unpaired) electrons. The molecular formula is C26H26FN5O3. The molecule has 0 saturated heterocycles. The second-order valence-corrected chi connectivity index (χ2v) is 9.19. The topological polar surface area (TPSA) is 104 Å². The zero-order valence-corrected chi connectivity index (χ0v) is 20.0. The normalized spacial score (nSPS) is 13.4. The number of aromatic nitrogens is 3. The molecule has 2 aromatic carbocycles. The molecule has 35 heavy (non-hydrogen) atoms. The molecule has 0 atom stereocenters. The van der Waals surface area contributed by atoms with Crippen LogP contribution in [0.15, 0.2) is 50.8 Å². The minimum absolute atomic E-state index is 0.0232. The number of rotatable bonds is 4. The fourth-order valence-corrected chi connectivity index (χ4v) is 4.54. The zero-order valence-electron chi connectivity index (χ0n) is 20.0. The number of nitrogens with one attached hydrogen (secondary N) is 1. The number of benzene rings is 2. The highest BCUT2D eigenvalue weighted by atomic mass is 19.1. The van der Waals surface area contributed by atoms with Crippen molar-refractivity contribution in [3.63, 3.8) is 0 Å². The summed E-state index contributed by atoms with van der Waals surface area (Å²) in [5.41, 5.74) is 7.67. The van der Waals surface area contributed by atoms with Crippen LogP contribution >= 0.6 is 0 Å². The Kier molecular flexibility index (Phi) is 5.16. The summed E-state index contributed by atoms with van der Waals surface area (Å²) in [6.07, 6.45) is 1.36. The number of pyridine rings is 1. The van der Waals surface area contributed by atoms with E-state index in [1.165, 1.54) is 28.3 Å². The first-order valence-electron chi connectivity index (χ1n) is 11.4. The van der Waals surface area contributed by atoms with Gasteiger partial charge in [0.15, 0.2) is 0 Å². The fraction of sp³-hybridized carbons (Fsp3) is 0.269. The lowest BCUT2D eigenvalue weighted by Gasteiger charge is -2.21. The van der Waals surface area contributed by atoms with Crippen LogP contribution in [0, 0.1) is 26.6 Å². The average Bonchev–Trinajstić information content (AvgIpc) is 3.64. The van der Waals surface area contributed by atoms with Crippen LogP contribution in [0.4, 0.5) is 21.5 Å². The third kappa shape index (κ3) is 3.46. The van der Waals surface area contributed by atoms with Crippen molar-refractivity contribution in [1.82, 2.24) is 13.7 Å². The van der Waals surface area contributed by atoms with E-state index in [2.05, 4.69) is 5.32 Å². The molecule has 0 unspecified atom stereocenters. The summed E-state index contributed by atoms with van der Waals surface area (Å²) in [6, 6.07) is 9.55. The van der Waals surface area contributed by atoms with E-state index in [4.69, 9.17) is 5.73 Å². The first-order chi connectivity index (χ1) is 16.6. The Balaban J connectivity index is 1.97. The van der Waals surface area contributed by atoms with Gasteiger partial charge in [-0.1, -0.05) is 12.1 Å². The van der Waals surface area contributed by atoms with Crippen LogP contribution in [0.5, 0.6) is 0 Å². The molecule has 1 aliphatic rings. The Morgan fingerprint density at radius 2 is 1.71 bits per heavy atom. The van der Waals surface area contributed by atoms with Crippen LogP contribution in [0.3, 0.4) is 0 Å². The van der Waals surface area contributed by atoms with Crippen LogP contribution in [-0.4, -0.2) is 13.7 Å². The van der Waals surface area contributed by atoms with Gasteiger partial charge in [-0.2, -0.15) is 0 Å². The molecule has 0 aliphatic heterocycles. The van der Waals surface area contributed by atoms with Crippen LogP contribution in [0.1, 0.15) is 35.6 Å². The maximum atomic E-state index is 15.2. The zero-order chi connectivity index (χ0) is 25.2. The van der Waals surface area contributed by atoms with Crippen molar-refractivity contribution in [3.8, 4) is 5.69 Å². The monoisotopic (exact) mass is 475 g/mol. The smallest absolute Gasteiger partial charge is 0.337 e. The second-order valence-electron chi connectivity index (χ2n) is 9.19. The number of nitrogens with zero attached hydrogens (tertiary/aromatic N) is 3. The number of aryl methyl sites for hydroxylation is 2. The lowest BCUT2D eigenvalue weighted by Crippen LogP contribution is -2.42. The van der Waals surface area contributed by atoms with E-state index in [-0.39, 0.29) is 28.5 Å². The summed E-state index contributed by atoms with van der Waals surface area (Å²) in [6.45, 7) is 5.19. The van der Waals surface area contributed by atoms with Gasteiger partial charge in [0.25, 0.3) is 11.1 Å². The van der Waals surface area contributed by atoms with Gasteiger partial charge in [0, 0.05) is 30.0 Å². The molecule has 3 N–H and O–H groups in total. The van der Waals surface area contributed by atoms with Crippen LogP contribution < -0.4 is 27.9 Å². The highest BCUT2D eigenvalue weighted by Crippen LogP contribution is 2.34. The Morgan fingerprint density at radius 1 is 1.00 bits per heavy atom. The molecule has 0 bridgehead atoms. The quantitative estimate of drug-likeness (QED) is 0.439. The van der Waals surface area contributed by atoms with Gasteiger partial charge < -0.3 is 11.1 Å². The molecule has 1 aliphatic carbocycles. The number of hydrogen-bond donors (Lipinski definition) is 2. The fourth-order valence-electron chi connectivity index (χ4n) is 4.54. The van der Waals surface area contributed by atoms with Crippen molar-refractivity contribution < 1.29 is 4.39 Å². The number of nitrogens with two attached hydrogens (primary N) is 1. The van der Waals surface area contributed by atoms with Gasteiger partial charge >= 0.3 is 5.69 Å². The van der Waals surface area contributed by atoms with Crippen LogP contribution in [0.2, 0.25) is 0 Å². The number of hydrogen-bond acceptors (Lipinski definition) is 5. The van der Waals surface area contributed by atoms with Crippen molar-refractivity contribution >= 4 is 28.1 Å². The van der Waals surface area contributed by atoms with Crippen LogP contribution in [-0.2, 0) is 7.05 Å². The van der Waals surface area contributed by atoms with Crippen molar-refractivity contribution in [2.24, 2.45) is 7.05 Å². The van der Waals surface area contributed by atoms with Gasteiger partial charge in [-0.25, -0.2) is 13.8 Å². The minimum Gasteiger partial charge on any atom is -0.398 e. The third-order valence-corrected chi connectivity index (χ3v) is 6.73. The van der Waals surface area contributed by atoms with E-state index in [0.29, 0.717) is 35.3 Å². The molecule has 1 fully saturated rings. The van der Waals surface area contributed by atoms with E-state index in [1.54, 1.807) is 38.1 Å². The summed E-state index contributed by atoms with van der Waals surface area (Å²) in [5, 5.41) is 3.36. The molecule has 1 saturated carbocycles. The molecular weight excluding hydrogens is 449 g/mol. The summed E-state index contributed by atoms with van der Waals surface area (Å²) < 4.78 is 18.7. The van der Waals surface area contributed by atoms with Crippen molar-refractivity contribution in [2.45, 2.75) is 39.7 Å². The maximum absolute atomic E-state index is 15.2. The summed E-state index contributed by atoms with van der Waals surface area (Å²) in [7, 11) is 1.48. The number of fused-ring (bicyclic) bond motifs is 1. The Bertz CT molecular complexity index is 1710.